The first-order valence-corrected chi connectivity index (χ1v) is 13.0. The minimum atomic E-state index is -4.44. The van der Waals surface area contributed by atoms with Crippen LogP contribution in [0.15, 0.2) is 36.4 Å². The van der Waals surface area contributed by atoms with Crippen molar-refractivity contribution in [3.63, 3.8) is 0 Å². The molecular weight excluding hydrogens is 497 g/mol. The fourth-order valence-electron chi connectivity index (χ4n) is 4.54. The minimum Gasteiger partial charge on any atom is -0.493 e. The smallest absolute Gasteiger partial charge is 0.416 e. The van der Waals surface area contributed by atoms with Crippen molar-refractivity contribution < 1.29 is 32.2 Å². The molecule has 0 saturated heterocycles. The molecule has 2 aromatic rings. The number of ether oxygens (including phenoxy) is 3. The molecule has 6 nitrogen and oxygen atoms in total. The van der Waals surface area contributed by atoms with Crippen molar-refractivity contribution in [3.05, 3.63) is 53.1 Å². The minimum absolute atomic E-state index is 0.255. The predicted octanol–water partition coefficient (Wildman–Crippen LogP) is 6.49. The molecule has 9 heteroatoms. The van der Waals surface area contributed by atoms with E-state index in [0.717, 1.165) is 45.0 Å². The predicted molar refractivity (Wildman–Crippen MR) is 143 cm³/mol. The average molecular weight is 539 g/mol. The summed E-state index contributed by atoms with van der Waals surface area (Å²) in [6.07, 6.45) is -0.680. The Morgan fingerprint density at radius 1 is 0.921 bits per heavy atom. The first-order chi connectivity index (χ1) is 18.1. The Bertz CT molecular complexity index is 1000. The number of rotatable bonds is 15. The quantitative estimate of drug-likeness (QED) is 0.260. The molecule has 1 atom stereocenters. The highest BCUT2D eigenvalue weighted by Crippen LogP contribution is 2.38. The van der Waals surface area contributed by atoms with Crippen molar-refractivity contribution >= 4 is 5.91 Å². The Hall–Kier alpha value is -2.94. The number of hydrogen-bond acceptors (Lipinski definition) is 5. The van der Waals surface area contributed by atoms with Crippen molar-refractivity contribution in [2.45, 2.75) is 51.6 Å². The van der Waals surface area contributed by atoms with Gasteiger partial charge in [-0.25, -0.2) is 0 Å². The summed E-state index contributed by atoms with van der Waals surface area (Å²) >= 11 is 0. The number of likely N-dealkylation sites (N-methyl/N-ethyl adjacent to an activating group) is 1. The van der Waals surface area contributed by atoms with Crippen LogP contribution < -0.4 is 14.2 Å². The first-order valence-electron chi connectivity index (χ1n) is 13.0. The molecule has 0 aliphatic rings. The first kappa shape index (κ1) is 31.3. The fourth-order valence-corrected chi connectivity index (χ4v) is 4.54. The molecule has 0 aliphatic heterocycles. The molecule has 0 aliphatic carbocycles. The fraction of sp³-hybridized carbons (Fsp3) is 0.552. The molecule has 38 heavy (non-hydrogen) atoms. The number of amides is 1. The van der Waals surface area contributed by atoms with Gasteiger partial charge in [-0.3, -0.25) is 4.79 Å². The Labute approximate surface area is 224 Å². The van der Waals surface area contributed by atoms with E-state index in [1.54, 1.807) is 30.1 Å². The van der Waals surface area contributed by atoms with Crippen molar-refractivity contribution in [2.24, 2.45) is 0 Å². The van der Waals surface area contributed by atoms with E-state index < -0.39 is 11.7 Å². The summed E-state index contributed by atoms with van der Waals surface area (Å²) in [4.78, 5) is 17.3. The van der Waals surface area contributed by atoms with Crippen LogP contribution in [0, 0.1) is 0 Å². The monoisotopic (exact) mass is 538 g/mol. The van der Waals surface area contributed by atoms with Crippen LogP contribution in [-0.2, 0) is 6.18 Å². The lowest BCUT2D eigenvalue weighted by molar-refractivity contribution is -0.137. The van der Waals surface area contributed by atoms with Gasteiger partial charge in [0.05, 0.1) is 26.9 Å². The summed E-state index contributed by atoms with van der Waals surface area (Å²) in [6.45, 7) is 7.12. The maximum absolute atomic E-state index is 13.5. The van der Waals surface area contributed by atoms with E-state index in [0.29, 0.717) is 34.8 Å². The second-order valence-electron chi connectivity index (χ2n) is 9.40. The van der Waals surface area contributed by atoms with E-state index in [1.807, 2.05) is 0 Å². The average Bonchev–Trinajstić information content (AvgIpc) is 2.91. The largest absolute Gasteiger partial charge is 0.493 e. The lowest BCUT2D eigenvalue weighted by Crippen LogP contribution is -2.34. The van der Waals surface area contributed by atoms with Crippen LogP contribution in [0.3, 0.4) is 0 Å². The zero-order valence-corrected chi connectivity index (χ0v) is 23.4. The van der Waals surface area contributed by atoms with Gasteiger partial charge in [-0.05, 0) is 62.7 Å². The van der Waals surface area contributed by atoms with Gasteiger partial charge < -0.3 is 24.0 Å². The molecule has 2 rings (SSSR count). The second kappa shape index (κ2) is 14.9. The molecule has 0 fully saturated rings. The van der Waals surface area contributed by atoms with E-state index in [-0.39, 0.29) is 18.4 Å². The lowest BCUT2D eigenvalue weighted by atomic mass is 9.93. The third-order valence-electron chi connectivity index (χ3n) is 6.60. The maximum atomic E-state index is 13.5. The highest BCUT2D eigenvalue weighted by Gasteiger charge is 2.31. The third kappa shape index (κ3) is 8.55. The number of carbonyl (C=O) groups excluding carboxylic acids is 1. The normalized spacial score (nSPS) is 12.4. The third-order valence-corrected chi connectivity index (χ3v) is 6.60. The number of hydrogen-bond donors (Lipinski definition) is 0. The van der Waals surface area contributed by atoms with E-state index in [4.69, 9.17) is 14.2 Å². The lowest BCUT2D eigenvalue weighted by Gasteiger charge is -2.29. The van der Waals surface area contributed by atoms with Crippen LogP contribution in [-0.4, -0.2) is 70.3 Å². The molecule has 0 aromatic heterocycles. The van der Waals surface area contributed by atoms with Gasteiger partial charge in [0.15, 0.2) is 11.5 Å². The molecule has 0 heterocycles. The van der Waals surface area contributed by atoms with E-state index in [2.05, 4.69) is 18.7 Å². The van der Waals surface area contributed by atoms with Crippen LogP contribution in [0.4, 0.5) is 13.2 Å². The molecule has 0 spiro atoms. The van der Waals surface area contributed by atoms with E-state index in [1.165, 1.54) is 33.5 Å². The van der Waals surface area contributed by atoms with Crippen LogP contribution in [0.2, 0.25) is 0 Å². The standard InChI is InChI=1S/C29H41F3N2O4/c1-7-9-15-34(14-8-2)16-13-22(21-11-10-12-24(17-21)29(30,31)32)20-33(3)28(35)23-18-25(36-4)27(38-6)26(19-23)37-5/h10-12,17-19,22H,7-9,13-16,20H2,1-6H3. The summed E-state index contributed by atoms with van der Waals surface area (Å²) < 4.78 is 56.6. The summed E-state index contributed by atoms with van der Waals surface area (Å²) in [6, 6.07) is 8.59. The summed E-state index contributed by atoms with van der Waals surface area (Å²) in [5.74, 6) is 0.499. The van der Waals surface area contributed by atoms with Crippen LogP contribution in [0.25, 0.3) is 0 Å². The van der Waals surface area contributed by atoms with Gasteiger partial charge in [0, 0.05) is 25.1 Å². The number of benzene rings is 2. The van der Waals surface area contributed by atoms with Gasteiger partial charge in [0.2, 0.25) is 5.75 Å². The molecular formula is C29H41F3N2O4. The maximum Gasteiger partial charge on any atom is 0.416 e. The Kier molecular flexibility index (Phi) is 12.2. The van der Waals surface area contributed by atoms with Crippen LogP contribution >= 0.6 is 0 Å². The highest BCUT2D eigenvalue weighted by molar-refractivity contribution is 5.95. The number of carbonyl (C=O) groups is 1. The molecule has 0 radical (unpaired) electrons. The summed E-state index contributed by atoms with van der Waals surface area (Å²) in [5.41, 5.74) is 0.214. The molecule has 0 N–H and O–H groups in total. The van der Waals surface area contributed by atoms with Gasteiger partial charge in [-0.15, -0.1) is 0 Å². The van der Waals surface area contributed by atoms with Crippen molar-refractivity contribution in [1.82, 2.24) is 9.80 Å². The van der Waals surface area contributed by atoms with Crippen molar-refractivity contribution in [2.75, 3.05) is 54.6 Å². The van der Waals surface area contributed by atoms with Crippen LogP contribution in [0.1, 0.15) is 66.9 Å². The van der Waals surface area contributed by atoms with Gasteiger partial charge in [0.25, 0.3) is 5.91 Å². The zero-order valence-electron chi connectivity index (χ0n) is 23.4. The van der Waals surface area contributed by atoms with E-state index in [9.17, 15) is 18.0 Å². The molecule has 1 unspecified atom stereocenters. The van der Waals surface area contributed by atoms with E-state index >= 15 is 0 Å². The van der Waals surface area contributed by atoms with Crippen molar-refractivity contribution in [3.8, 4) is 17.2 Å². The van der Waals surface area contributed by atoms with Gasteiger partial charge in [-0.1, -0.05) is 38.5 Å². The van der Waals surface area contributed by atoms with Crippen molar-refractivity contribution in [1.29, 1.82) is 0 Å². The zero-order chi connectivity index (χ0) is 28.3. The molecule has 0 bridgehead atoms. The molecule has 2 aromatic carbocycles. The Morgan fingerprint density at radius 2 is 1.58 bits per heavy atom. The van der Waals surface area contributed by atoms with Gasteiger partial charge in [0.1, 0.15) is 0 Å². The van der Waals surface area contributed by atoms with Gasteiger partial charge >= 0.3 is 6.18 Å². The number of nitrogens with zero attached hydrogens (tertiary/aromatic N) is 2. The van der Waals surface area contributed by atoms with Gasteiger partial charge in [-0.2, -0.15) is 13.2 Å². The molecule has 0 saturated carbocycles. The number of unbranched alkanes of at least 4 members (excludes halogenated alkanes) is 1. The Morgan fingerprint density at radius 3 is 2.11 bits per heavy atom. The Balaban J connectivity index is 2.35. The second-order valence-corrected chi connectivity index (χ2v) is 9.40. The summed E-state index contributed by atoms with van der Waals surface area (Å²) in [5, 5.41) is 0. The SMILES string of the molecule is CCCCN(CCC)CCC(CN(C)C(=O)c1cc(OC)c(OC)c(OC)c1)c1cccc(C(F)(F)F)c1. The number of alkyl halides is 3. The number of methoxy groups -OCH3 is 3. The highest BCUT2D eigenvalue weighted by atomic mass is 19.4. The topological polar surface area (TPSA) is 51.2 Å². The van der Waals surface area contributed by atoms with Crippen LogP contribution in [0.5, 0.6) is 17.2 Å². The summed E-state index contributed by atoms with van der Waals surface area (Å²) in [7, 11) is 6.09. The molecule has 1 amide bonds. The molecule has 212 valence electrons. The number of halogens is 3.